The molecule has 0 unspecified atom stereocenters. The molecule has 33 heavy (non-hydrogen) atoms. The number of nitrogens with one attached hydrogen (secondary N) is 1. The highest BCUT2D eigenvalue weighted by Crippen LogP contribution is 2.25. The first kappa shape index (κ1) is 23.5. The van der Waals surface area contributed by atoms with E-state index >= 15 is 0 Å². The number of esters is 3. The topological polar surface area (TPSA) is 121 Å². The van der Waals surface area contributed by atoms with Crippen molar-refractivity contribution >= 4 is 40.5 Å². The molecule has 0 aliphatic heterocycles. The highest BCUT2D eigenvalue weighted by Gasteiger charge is 2.17. The first-order chi connectivity index (χ1) is 15.7. The fourth-order valence-electron chi connectivity index (χ4n) is 3.19. The molecule has 2 aromatic carbocycles. The number of ether oxygens (including phenoxy) is 3. The minimum atomic E-state index is -0.694. The summed E-state index contributed by atoms with van der Waals surface area (Å²) in [5.74, 6) is -2.64. The number of fused-ring (bicyclic) bond motifs is 1. The van der Waals surface area contributed by atoms with Crippen LogP contribution in [0.4, 0.5) is 5.69 Å². The number of hydrogen-bond acceptors (Lipinski definition) is 8. The standard InChI is InChI=1S/C24H23NO8/c1-13-5-19-17(11-32-20(19)6-14(13)2)10-22(27)33-12-21(26)25-18-8-15(23(28)30-3)7-16(9-18)24(29)31-4/h5-9,11H,10,12H2,1-4H3,(H,25,26). The maximum atomic E-state index is 12.3. The van der Waals surface area contributed by atoms with E-state index in [9.17, 15) is 19.2 Å². The van der Waals surface area contributed by atoms with Gasteiger partial charge in [-0.1, -0.05) is 0 Å². The summed E-state index contributed by atoms with van der Waals surface area (Å²) in [6.07, 6.45) is 1.44. The molecule has 0 atom stereocenters. The first-order valence-corrected chi connectivity index (χ1v) is 9.96. The number of carbonyl (C=O) groups is 4. The van der Waals surface area contributed by atoms with Gasteiger partial charge in [-0.25, -0.2) is 9.59 Å². The lowest BCUT2D eigenvalue weighted by atomic mass is 10.0. The van der Waals surface area contributed by atoms with Crippen LogP contribution in [0.5, 0.6) is 0 Å². The van der Waals surface area contributed by atoms with E-state index in [2.05, 4.69) is 14.8 Å². The molecule has 3 rings (SSSR count). The third kappa shape index (κ3) is 5.57. The average molecular weight is 453 g/mol. The molecule has 1 amide bonds. The highest BCUT2D eigenvalue weighted by atomic mass is 16.5. The van der Waals surface area contributed by atoms with Crippen LogP contribution in [0.3, 0.4) is 0 Å². The van der Waals surface area contributed by atoms with E-state index in [0.29, 0.717) is 11.1 Å². The van der Waals surface area contributed by atoms with Crippen molar-refractivity contribution in [3.8, 4) is 0 Å². The van der Waals surface area contributed by atoms with Crippen LogP contribution in [0, 0.1) is 13.8 Å². The summed E-state index contributed by atoms with van der Waals surface area (Å²) < 4.78 is 19.9. The smallest absolute Gasteiger partial charge is 0.337 e. The minimum absolute atomic E-state index is 0.0464. The van der Waals surface area contributed by atoms with Crippen LogP contribution < -0.4 is 5.32 Å². The molecular formula is C24H23NO8. The molecule has 0 saturated carbocycles. The Bertz CT molecular complexity index is 1210. The van der Waals surface area contributed by atoms with Crippen molar-refractivity contribution in [3.63, 3.8) is 0 Å². The van der Waals surface area contributed by atoms with Gasteiger partial charge in [-0.3, -0.25) is 9.59 Å². The van der Waals surface area contributed by atoms with Gasteiger partial charge in [0.15, 0.2) is 6.61 Å². The quantitative estimate of drug-likeness (QED) is 0.427. The van der Waals surface area contributed by atoms with Crippen molar-refractivity contribution in [2.45, 2.75) is 20.3 Å². The van der Waals surface area contributed by atoms with Crippen molar-refractivity contribution < 1.29 is 37.8 Å². The summed E-state index contributed by atoms with van der Waals surface area (Å²) in [5, 5.41) is 3.30. The largest absolute Gasteiger partial charge is 0.465 e. The second-order valence-corrected chi connectivity index (χ2v) is 7.36. The van der Waals surface area contributed by atoms with Crippen LogP contribution in [-0.4, -0.2) is 44.6 Å². The summed E-state index contributed by atoms with van der Waals surface area (Å²) in [6, 6.07) is 7.79. The lowest BCUT2D eigenvalue weighted by molar-refractivity contribution is -0.146. The Hall–Kier alpha value is -4.14. The molecule has 0 fully saturated rings. The van der Waals surface area contributed by atoms with Gasteiger partial charge in [0.25, 0.3) is 5.91 Å². The molecule has 3 aromatic rings. The molecular weight excluding hydrogens is 430 g/mol. The Labute approximate surface area is 189 Å². The summed E-state index contributed by atoms with van der Waals surface area (Å²) in [6.45, 7) is 3.39. The number of hydrogen-bond donors (Lipinski definition) is 1. The highest BCUT2D eigenvalue weighted by molar-refractivity contribution is 6.00. The molecule has 1 heterocycles. The van der Waals surface area contributed by atoms with Crippen molar-refractivity contribution in [2.24, 2.45) is 0 Å². The monoisotopic (exact) mass is 453 g/mol. The number of benzene rings is 2. The molecule has 9 nitrogen and oxygen atoms in total. The first-order valence-electron chi connectivity index (χ1n) is 9.96. The van der Waals surface area contributed by atoms with Gasteiger partial charge in [-0.05, 0) is 55.3 Å². The zero-order chi connectivity index (χ0) is 24.1. The maximum Gasteiger partial charge on any atom is 0.337 e. The van der Waals surface area contributed by atoms with E-state index in [1.54, 1.807) is 0 Å². The third-order valence-corrected chi connectivity index (χ3v) is 5.03. The second-order valence-electron chi connectivity index (χ2n) is 7.36. The van der Waals surface area contributed by atoms with Gasteiger partial charge in [0.2, 0.25) is 0 Å². The van der Waals surface area contributed by atoms with Crippen LogP contribution in [0.15, 0.2) is 41.0 Å². The molecule has 0 spiro atoms. The van der Waals surface area contributed by atoms with E-state index < -0.39 is 30.4 Å². The van der Waals surface area contributed by atoms with Crippen molar-refractivity contribution in [1.29, 1.82) is 0 Å². The Morgan fingerprint density at radius 1 is 0.879 bits per heavy atom. The Morgan fingerprint density at radius 3 is 2.09 bits per heavy atom. The zero-order valence-electron chi connectivity index (χ0n) is 18.6. The molecule has 0 saturated heterocycles. The molecule has 0 radical (unpaired) electrons. The predicted molar refractivity (Wildman–Crippen MR) is 118 cm³/mol. The second kappa shape index (κ2) is 9.99. The van der Waals surface area contributed by atoms with Gasteiger partial charge in [-0.15, -0.1) is 0 Å². The molecule has 172 valence electrons. The number of rotatable bonds is 7. The van der Waals surface area contributed by atoms with Crippen LogP contribution in [-0.2, 0) is 30.2 Å². The lowest BCUT2D eigenvalue weighted by Crippen LogP contribution is -2.22. The van der Waals surface area contributed by atoms with E-state index in [1.165, 1.54) is 38.7 Å². The Kier molecular flexibility index (Phi) is 7.12. The van der Waals surface area contributed by atoms with Crippen LogP contribution in [0.2, 0.25) is 0 Å². The Balaban J connectivity index is 1.64. The van der Waals surface area contributed by atoms with E-state index in [4.69, 9.17) is 9.15 Å². The molecule has 1 aromatic heterocycles. The predicted octanol–water partition coefficient (Wildman–Crippen LogP) is 3.35. The maximum absolute atomic E-state index is 12.3. The van der Waals surface area contributed by atoms with Crippen molar-refractivity contribution in [2.75, 3.05) is 26.1 Å². The summed E-state index contributed by atoms with van der Waals surface area (Å²) in [4.78, 5) is 48.2. The lowest BCUT2D eigenvalue weighted by Gasteiger charge is -2.10. The van der Waals surface area contributed by atoms with Gasteiger partial charge in [-0.2, -0.15) is 0 Å². The molecule has 1 N–H and O–H groups in total. The van der Waals surface area contributed by atoms with Crippen molar-refractivity contribution in [1.82, 2.24) is 0 Å². The number of carbonyl (C=O) groups excluding carboxylic acids is 4. The Morgan fingerprint density at radius 2 is 1.48 bits per heavy atom. The zero-order valence-corrected chi connectivity index (χ0v) is 18.6. The minimum Gasteiger partial charge on any atom is -0.465 e. The normalized spacial score (nSPS) is 10.5. The summed E-state index contributed by atoms with van der Waals surface area (Å²) in [7, 11) is 2.38. The number of amides is 1. The molecule has 0 aliphatic rings. The fourth-order valence-corrected chi connectivity index (χ4v) is 3.19. The average Bonchev–Trinajstić information content (AvgIpc) is 3.17. The number of furan rings is 1. The van der Waals surface area contributed by atoms with Crippen molar-refractivity contribution in [3.05, 3.63) is 64.4 Å². The van der Waals surface area contributed by atoms with Gasteiger partial charge >= 0.3 is 17.9 Å². The van der Waals surface area contributed by atoms with Crippen LogP contribution >= 0.6 is 0 Å². The van der Waals surface area contributed by atoms with Crippen LogP contribution in [0.25, 0.3) is 11.0 Å². The molecule has 0 bridgehead atoms. The number of anilines is 1. The summed E-state index contributed by atoms with van der Waals surface area (Å²) in [5.41, 5.74) is 3.71. The molecule has 9 heteroatoms. The van der Waals surface area contributed by atoms with Gasteiger partial charge in [0.05, 0.1) is 38.0 Å². The van der Waals surface area contributed by atoms with Gasteiger partial charge < -0.3 is 23.9 Å². The van der Waals surface area contributed by atoms with E-state index in [0.717, 1.165) is 16.5 Å². The van der Waals surface area contributed by atoms with Crippen LogP contribution in [0.1, 0.15) is 37.4 Å². The van der Waals surface area contributed by atoms with Gasteiger partial charge in [0, 0.05) is 16.6 Å². The van der Waals surface area contributed by atoms with Gasteiger partial charge in [0.1, 0.15) is 5.58 Å². The summed E-state index contributed by atoms with van der Waals surface area (Å²) >= 11 is 0. The SMILES string of the molecule is COC(=O)c1cc(NC(=O)COC(=O)Cc2coc3cc(C)c(C)cc23)cc(C(=O)OC)c1. The van der Waals surface area contributed by atoms with E-state index in [-0.39, 0.29) is 23.2 Å². The third-order valence-electron chi connectivity index (χ3n) is 5.03. The number of aryl methyl sites for hydroxylation is 2. The van der Waals surface area contributed by atoms with E-state index in [1.807, 2.05) is 26.0 Å². The fraction of sp³-hybridized carbons (Fsp3) is 0.250. The number of methoxy groups -OCH3 is 2. The molecule has 0 aliphatic carbocycles.